The van der Waals surface area contributed by atoms with Gasteiger partial charge in [-0.2, -0.15) is 8.42 Å². The van der Waals surface area contributed by atoms with Gasteiger partial charge in [0.2, 0.25) is 10.1 Å². The molecule has 0 spiro atoms. The predicted octanol–water partition coefficient (Wildman–Crippen LogP) is -0.815. The Morgan fingerprint density at radius 2 is 1.75 bits per heavy atom. The van der Waals surface area contributed by atoms with E-state index in [0.717, 1.165) is 0 Å². The first-order chi connectivity index (χ1) is 5.41. The summed E-state index contributed by atoms with van der Waals surface area (Å²) in [6.07, 6.45) is 0.268. The van der Waals surface area contributed by atoms with E-state index in [4.69, 9.17) is 4.55 Å². The highest BCUT2D eigenvalue weighted by atomic mass is 32.3. The van der Waals surface area contributed by atoms with Crippen molar-refractivity contribution in [3.8, 4) is 0 Å². The number of hydrogen-bond donors (Lipinski definition) is 1. The van der Waals surface area contributed by atoms with E-state index in [0.29, 0.717) is 0 Å². The second kappa shape index (κ2) is 3.30. The summed E-state index contributed by atoms with van der Waals surface area (Å²) >= 11 is 0. The van der Waals surface area contributed by atoms with Crippen molar-refractivity contribution >= 4 is 24.9 Å². The van der Waals surface area contributed by atoms with Crippen molar-refractivity contribution in [3.63, 3.8) is 0 Å². The molecule has 1 aliphatic rings. The molecule has 0 amide bonds. The Bertz CT molecular complexity index is 359. The van der Waals surface area contributed by atoms with Gasteiger partial charge in [0.05, 0.1) is 13.2 Å². The van der Waals surface area contributed by atoms with Crippen LogP contribution in [0.15, 0.2) is 0 Å². The average molecular weight is 216 g/mol. The zero-order chi connectivity index (χ0) is 9.24. The molecule has 72 valence electrons. The van der Waals surface area contributed by atoms with Crippen LogP contribution in [0, 0.1) is 0 Å². The summed E-state index contributed by atoms with van der Waals surface area (Å²) in [6.45, 7) is -0.0320. The average Bonchev–Trinajstić information content (AvgIpc) is 1.80. The second-order valence-electron chi connectivity index (χ2n) is 2.10. The maximum atomic E-state index is 10.8. The van der Waals surface area contributed by atoms with Crippen LogP contribution in [0.3, 0.4) is 0 Å². The molecule has 0 aromatic carbocycles. The van der Waals surface area contributed by atoms with Gasteiger partial charge < -0.3 is 0 Å². The fraction of sp³-hybridized carbons (Fsp3) is 0.750. The zero-order valence-corrected chi connectivity index (χ0v) is 7.64. The Labute approximate surface area is 70.6 Å². The van der Waals surface area contributed by atoms with Crippen LogP contribution in [-0.2, 0) is 28.6 Å². The maximum Gasteiger partial charge on any atom is 0.302 e. The molecular formula is C4H8O6S2. The Hall–Kier alpha value is -0.150. The van der Waals surface area contributed by atoms with Crippen LogP contribution in [0.2, 0.25) is 0 Å². The molecular weight excluding hydrogens is 208 g/mol. The van der Waals surface area contributed by atoms with Crippen LogP contribution < -0.4 is 0 Å². The Morgan fingerprint density at radius 1 is 1.17 bits per heavy atom. The van der Waals surface area contributed by atoms with Gasteiger partial charge in [0.25, 0.3) is 0 Å². The lowest BCUT2D eigenvalue weighted by molar-refractivity contribution is 0.247. The fourth-order valence-electron chi connectivity index (χ4n) is 0.617. The lowest BCUT2D eigenvalue weighted by Crippen LogP contribution is -2.20. The molecule has 0 saturated heterocycles. The third-order valence-corrected chi connectivity index (χ3v) is 3.94. The number of hydrogen-bond acceptors (Lipinski definition) is 5. The first-order valence-corrected chi connectivity index (χ1v) is 6.04. The summed E-state index contributed by atoms with van der Waals surface area (Å²) in [5.41, 5.74) is 0. The molecule has 1 aliphatic heterocycles. The smallest absolute Gasteiger partial charge is 0.293 e. The first-order valence-electron chi connectivity index (χ1n) is 3.06. The van der Waals surface area contributed by atoms with E-state index < -0.39 is 20.2 Å². The van der Waals surface area contributed by atoms with E-state index >= 15 is 0 Å². The molecule has 8 heteroatoms. The molecule has 1 unspecified atom stereocenters. The van der Waals surface area contributed by atoms with E-state index in [1.54, 1.807) is 0 Å². The van der Waals surface area contributed by atoms with Crippen molar-refractivity contribution < 1.29 is 25.5 Å². The van der Waals surface area contributed by atoms with Gasteiger partial charge in [-0.15, -0.1) is 0 Å². The minimum atomic E-state index is -4.03. The van der Waals surface area contributed by atoms with Gasteiger partial charge in [0, 0.05) is 0 Å². The lowest BCUT2D eigenvalue weighted by atomic mass is 10.5. The minimum absolute atomic E-state index is 0.00134. The van der Waals surface area contributed by atoms with Crippen molar-refractivity contribution in [1.82, 2.24) is 0 Å². The van der Waals surface area contributed by atoms with Crippen LogP contribution in [-0.4, -0.2) is 35.1 Å². The molecule has 12 heavy (non-hydrogen) atoms. The van der Waals surface area contributed by atoms with Gasteiger partial charge in [0.1, 0.15) is 0 Å². The van der Waals surface area contributed by atoms with Gasteiger partial charge in [-0.1, -0.05) is 0 Å². The molecule has 0 aromatic rings. The summed E-state index contributed by atoms with van der Waals surface area (Å²) in [7, 11) is -7.86. The van der Waals surface area contributed by atoms with E-state index in [1.165, 1.54) is 0 Å². The first kappa shape index (κ1) is 9.93. The summed E-state index contributed by atoms with van der Waals surface area (Å²) in [5, 5.41) is 0. The topological polar surface area (TPSA) is 89.9 Å². The van der Waals surface area contributed by atoms with Gasteiger partial charge in [-0.05, 0) is 6.42 Å². The van der Waals surface area contributed by atoms with Crippen LogP contribution >= 0.6 is 0 Å². The quantitative estimate of drug-likeness (QED) is 0.420. The Balaban J connectivity index is 3.08. The van der Waals surface area contributed by atoms with Crippen molar-refractivity contribution in [1.29, 1.82) is 0 Å². The van der Waals surface area contributed by atoms with Crippen LogP contribution in [0.1, 0.15) is 6.42 Å². The summed E-state index contributed by atoms with van der Waals surface area (Å²) in [5.74, 6) is 0. The standard InChI is InChI=1S/C4H8O6S2/c5-11(6)4-12(7,8)10-3-1-2-9-11/h4H,1-3H2,(H,5,6). The zero-order valence-electron chi connectivity index (χ0n) is 6.00. The van der Waals surface area contributed by atoms with E-state index in [2.05, 4.69) is 8.37 Å². The van der Waals surface area contributed by atoms with Gasteiger partial charge in [-0.3, -0.25) is 12.9 Å². The normalized spacial score (nSPS) is 36.1. The highest BCUT2D eigenvalue weighted by Crippen LogP contribution is 2.02. The Morgan fingerprint density at radius 3 is 2.42 bits per heavy atom. The van der Waals surface area contributed by atoms with E-state index in [1.807, 2.05) is 0 Å². The molecule has 1 rings (SSSR count). The van der Waals surface area contributed by atoms with Gasteiger partial charge in [-0.25, -0.2) is 4.21 Å². The maximum absolute atomic E-state index is 10.8. The third-order valence-electron chi connectivity index (χ3n) is 1.03. The third kappa shape index (κ3) is 3.07. The predicted molar refractivity (Wildman–Crippen MR) is 42.3 cm³/mol. The van der Waals surface area contributed by atoms with Crippen LogP contribution in [0.5, 0.6) is 0 Å². The molecule has 1 atom stereocenters. The summed E-state index contributed by atoms with van der Waals surface area (Å²) in [4.78, 5) is 0. The van der Waals surface area contributed by atoms with E-state index in [-0.39, 0.29) is 24.3 Å². The summed E-state index contributed by atoms with van der Waals surface area (Å²) < 4.78 is 50.0. The Kier molecular flexibility index (Phi) is 2.74. The molecule has 0 bridgehead atoms. The summed E-state index contributed by atoms with van der Waals surface area (Å²) in [6, 6.07) is 0. The lowest BCUT2D eigenvalue weighted by Gasteiger charge is -2.09. The fourth-order valence-corrected chi connectivity index (χ4v) is 2.96. The largest absolute Gasteiger partial charge is 0.302 e. The van der Waals surface area contributed by atoms with E-state index in [9.17, 15) is 12.6 Å². The molecule has 1 N–H and O–H groups in total. The number of rotatable bonds is 0. The van der Waals surface area contributed by atoms with Crippen LogP contribution in [0.25, 0.3) is 0 Å². The second-order valence-corrected chi connectivity index (χ2v) is 5.36. The highest BCUT2D eigenvalue weighted by molar-refractivity contribution is 8.15. The molecule has 0 radical (unpaired) electrons. The van der Waals surface area contributed by atoms with Gasteiger partial charge in [0.15, 0.2) is 4.70 Å². The van der Waals surface area contributed by atoms with Crippen molar-refractivity contribution in [2.24, 2.45) is 0 Å². The molecule has 1 heterocycles. The van der Waals surface area contributed by atoms with Crippen molar-refractivity contribution in [2.75, 3.05) is 13.2 Å². The highest BCUT2D eigenvalue weighted by Gasteiger charge is 2.16. The molecule has 0 saturated carbocycles. The molecule has 6 nitrogen and oxygen atoms in total. The van der Waals surface area contributed by atoms with Crippen molar-refractivity contribution in [3.05, 3.63) is 0 Å². The van der Waals surface area contributed by atoms with Gasteiger partial charge >= 0.3 is 10.1 Å². The van der Waals surface area contributed by atoms with Crippen LogP contribution in [0.4, 0.5) is 0 Å². The monoisotopic (exact) mass is 216 g/mol. The molecule has 0 fully saturated rings. The van der Waals surface area contributed by atoms with Crippen molar-refractivity contribution in [2.45, 2.75) is 6.42 Å². The molecule has 0 aliphatic carbocycles. The minimum Gasteiger partial charge on any atom is -0.293 e. The SMILES string of the molecule is O=S1(=O)C=S(=O)(O)OCCCO1. The molecule has 0 aromatic heterocycles.